The zero-order valence-electron chi connectivity index (χ0n) is 12.0. The first-order valence-corrected chi connectivity index (χ1v) is 6.42. The van der Waals surface area contributed by atoms with Crippen molar-refractivity contribution in [1.29, 1.82) is 0 Å². The van der Waals surface area contributed by atoms with Gasteiger partial charge in [0.05, 0.1) is 17.2 Å². The molecule has 2 heterocycles. The van der Waals surface area contributed by atoms with Crippen molar-refractivity contribution in [3.8, 4) is 0 Å². The normalized spacial score (nSPS) is 10.6. The number of carbonyl (C=O) groups excluding carboxylic acids is 1. The van der Waals surface area contributed by atoms with Crippen LogP contribution in [-0.2, 0) is 20.1 Å². The molecule has 0 atom stereocenters. The van der Waals surface area contributed by atoms with Gasteiger partial charge in [-0.15, -0.1) is 0 Å². The van der Waals surface area contributed by atoms with Crippen LogP contribution in [0.5, 0.6) is 0 Å². The van der Waals surface area contributed by atoms with Crippen LogP contribution in [0.25, 0.3) is 0 Å². The number of amides is 1. The van der Waals surface area contributed by atoms with Crippen LogP contribution < -0.4 is 5.32 Å². The molecular formula is C12H16N6O3. The van der Waals surface area contributed by atoms with E-state index < -0.39 is 10.8 Å². The number of aryl methyl sites for hydroxylation is 3. The van der Waals surface area contributed by atoms with E-state index in [2.05, 4.69) is 15.5 Å². The lowest BCUT2D eigenvalue weighted by Crippen LogP contribution is -2.26. The topological polar surface area (TPSA) is 108 Å². The van der Waals surface area contributed by atoms with E-state index in [1.54, 1.807) is 16.9 Å². The molecule has 0 fully saturated rings. The number of nitrogens with zero attached hydrogens (tertiary/aromatic N) is 5. The summed E-state index contributed by atoms with van der Waals surface area (Å²) in [4.78, 5) is 22.6. The second-order valence-electron chi connectivity index (χ2n) is 4.51. The van der Waals surface area contributed by atoms with Gasteiger partial charge in [0.15, 0.2) is 0 Å². The van der Waals surface area contributed by atoms with Crippen LogP contribution in [0.2, 0.25) is 0 Å². The fraction of sp³-hybridized carbons (Fsp3) is 0.417. The Bertz CT molecular complexity index is 687. The predicted molar refractivity (Wildman–Crippen MR) is 73.7 cm³/mol. The summed E-state index contributed by atoms with van der Waals surface area (Å²) in [7, 11) is 1.50. The Kier molecular flexibility index (Phi) is 4.01. The molecule has 1 N–H and O–H groups in total. The summed E-state index contributed by atoms with van der Waals surface area (Å²) >= 11 is 0. The second kappa shape index (κ2) is 5.73. The molecule has 21 heavy (non-hydrogen) atoms. The van der Waals surface area contributed by atoms with E-state index >= 15 is 0 Å². The Morgan fingerprint density at radius 1 is 1.48 bits per heavy atom. The monoisotopic (exact) mass is 292 g/mol. The number of nitrogens with one attached hydrogen (secondary N) is 1. The van der Waals surface area contributed by atoms with E-state index in [1.807, 2.05) is 6.92 Å². The summed E-state index contributed by atoms with van der Waals surface area (Å²) in [6.07, 6.45) is 1.80. The Morgan fingerprint density at radius 3 is 2.76 bits per heavy atom. The van der Waals surface area contributed by atoms with Gasteiger partial charge in [0.2, 0.25) is 5.69 Å². The van der Waals surface area contributed by atoms with Gasteiger partial charge in [-0.05, 0) is 19.9 Å². The Morgan fingerprint density at radius 2 is 2.19 bits per heavy atom. The molecule has 0 aliphatic rings. The van der Waals surface area contributed by atoms with Crippen molar-refractivity contribution < 1.29 is 9.72 Å². The van der Waals surface area contributed by atoms with E-state index in [-0.39, 0.29) is 23.6 Å². The minimum atomic E-state index is -0.594. The van der Waals surface area contributed by atoms with Gasteiger partial charge in [-0.2, -0.15) is 10.2 Å². The van der Waals surface area contributed by atoms with Crippen molar-refractivity contribution in [1.82, 2.24) is 24.9 Å². The number of rotatable bonds is 5. The van der Waals surface area contributed by atoms with Crippen LogP contribution in [0.3, 0.4) is 0 Å². The van der Waals surface area contributed by atoms with E-state index in [4.69, 9.17) is 0 Å². The fourth-order valence-corrected chi connectivity index (χ4v) is 2.05. The van der Waals surface area contributed by atoms with E-state index in [9.17, 15) is 14.9 Å². The first-order valence-electron chi connectivity index (χ1n) is 6.42. The predicted octanol–water partition coefficient (Wildman–Crippen LogP) is 0.783. The molecule has 0 unspecified atom stereocenters. The van der Waals surface area contributed by atoms with Gasteiger partial charge in [0.1, 0.15) is 5.69 Å². The van der Waals surface area contributed by atoms with Crippen LogP contribution in [0.4, 0.5) is 5.69 Å². The van der Waals surface area contributed by atoms with Gasteiger partial charge in [-0.25, -0.2) is 0 Å². The zero-order chi connectivity index (χ0) is 15.6. The maximum atomic E-state index is 12.1. The number of hydrogen-bond acceptors (Lipinski definition) is 5. The fourth-order valence-electron chi connectivity index (χ4n) is 2.05. The highest BCUT2D eigenvalue weighted by atomic mass is 16.6. The molecule has 0 bridgehead atoms. The van der Waals surface area contributed by atoms with Crippen molar-refractivity contribution in [2.24, 2.45) is 7.05 Å². The SMILES string of the molecule is CCn1ccc(CNC(=O)c2c([N+](=O)[O-])c(C)nn2C)n1. The Hall–Kier alpha value is -2.71. The van der Waals surface area contributed by atoms with E-state index in [0.29, 0.717) is 5.69 Å². The molecule has 0 saturated carbocycles. The highest BCUT2D eigenvalue weighted by molar-refractivity contribution is 5.96. The van der Waals surface area contributed by atoms with Gasteiger partial charge in [-0.3, -0.25) is 24.3 Å². The standard InChI is InChI=1S/C12H16N6O3/c1-4-17-6-5-9(15-17)7-13-12(19)11-10(18(20)21)8(2)14-16(11)3/h5-6H,4,7H2,1-3H3,(H,13,19). The quantitative estimate of drug-likeness (QED) is 0.647. The zero-order valence-corrected chi connectivity index (χ0v) is 12.0. The molecule has 0 spiro atoms. The van der Waals surface area contributed by atoms with Crippen molar-refractivity contribution in [3.05, 3.63) is 39.5 Å². The van der Waals surface area contributed by atoms with Crippen molar-refractivity contribution in [2.75, 3.05) is 0 Å². The third-order valence-corrected chi connectivity index (χ3v) is 3.04. The summed E-state index contributed by atoms with van der Waals surface area (Å²) in [5, 5.41) is 21.8. The molecule has 2 aromatic heterocycles. The molecule has 0 radical (unpaired) electrons. The van der Waals surface area contributed by atoms with Crippen LogP contribution in [0.15, 0.2) is 12.3 Å². The molecule has 1 amide bonds. The molecule has 0 aliphatic carbocycles. The van der Waals surface area contributed by atoms with Crippen molar-refractivity contribution >= 4 is 11.6 Å². The molecule has 2 rings (SSSR count). The minimum absolute atomic E-state index is 0.0626. The summed E-state index contributed by atoms with van der Waals surface area (Å²) in [5.74, 6) is -0.546. The molecule has 0 saturated heterocycles. The van der Waals surface area contributed by atoms with Crippen LogP contribution in [0.1, 0.15) is 28.8 Å². The van der Waals surface area contributed by atoms with E-state index in [1.165, 1.54) is 18.7 Å². The Labute approximate surface area is 120 Å². The molecule has 0 aromatic carbocycles. The van der Waals surface area contributed by atoms with Gasteiger partial charge in [-0.1, -0.05) is 0 Å². The first kappa shape index (κ1) is 14.7. The molecule has 0 aliphatic heterocycles. The smallest absolute Gasteiger partial charge is 0.322 e. The number of nitro groups is 1. The van der Waals surface area contributed by atoms with Gasteiger partial charge in [0, 0.05) is 19.8 Å². The average molecular weight is 292 g/mol. The van der Waals surface area contributed by atoms with Gasteiger partial charge in [0.25, 0.3) is 5.91 Å². The highest BCUT2D eigenvalue weighted by Crippen LogP contribution is 2.21. The first-order chi connectivity index (χ1) is 9.93. The summed E-state index contributed by atoms with van der Waals surface area (Å²) in [6.45, 7) is 4.39. The highest BCUT2D eigenvalue weighted by Gasteiger charge is 2.29. The molecular weight excluding hydrogens is 276 g/mol. The largest absolute Gasteiger partial charge is 0.345 e. The summed E-state index contributed by atoms with van der Waals surface area (Å²) < 4.78 is 2.95. The molecule has 9 nitrogen and oxygen atoms in total. The minimum Gasteiger partial charge on any atom is -0.345 e. The maximum absolute atomic E-state index is 12.1. The molecule has 2 aromatic rings. The maximum Gasteiger partial charge on any atom is 0.322 e. The second-order valence-corrected chi connectivity index (χ2v) is 4.51. The van der Waals surface area contributed by atoms with E-state index in [0.717, 1.165) is 6.54 Å². The lowest BCUT2D eigenvalue weighted by Gasteiger charge is -2.03. The van der Waals surface area contributed by atoms with Crippen LogP contribution in [-0.4, -0.2) is 30.4 Å². The number of hydrogen-bond donors (Lipinski definition) is 1. The van der Waals surface area contributed by atoms with Crippen LogP contribution in [0, 0.1) is 17.0 Å². The number of aromatic nitrogens is 4. The van der Waals surface area contributed by atoms with Gasteiger partial charge < -0.3 is 5.32 Å². The third-order valence-electron chi connectivity index (χ3n) is 3.04. The average Bonchev–Trinajstić information content (AvgIpc) is 2.99. The lowest BCUT2D eigenvalue weighted by atomic mass is 10.3. The van der Waals surface area contributed by atoms with Crippen LogP contribution >= 0.6 is 0 Å². The van der Waals surface area contributed by atoms with Gasteiger partial charge >= 0.3 is 5.69 Å². The lowest BCUT2D eigenvalue weighted by molar-refractivity contribution is -0.385. The third kappa shape index (κ3) is 2.91. The summed E-state index contributed by atoms with van der Waals surface area (Å²) in [6, 6.07) is 1.78. The Balaban J connectivity index is 2.15. The van der Waals surface area contributed by atoms with Crippen molar-refractivity contribution in [2.45, 2.75) is 26.9 Å². The summed E-state index contributed by atoms with van der Waals surface area (Å²) in [5.41, 5.74) is 0.566. The number of carbonyl (C=O) groups is 1. The molecule has 112 valence electrons. The molecule has 9 heteroatoms. The van der Waals surface area contributed by atoms with Crippen molar-refractivity contribution in [3.63, 3.8) is 0 Å².